The molecule has 1 unspecified atom stereocenters. The van der Waals surface area contributed by atoms with Gasteiger partial charge in [-0.2, -0.15) is 0 Å². The third kappa shape index (κ3) is 2.61. The van der Waals surface area contributed by atoms with Crippen LogP contribution in [0.2, 0.25) is 0 Å². The number of rotatable bonds is 4. The smallest absolute Gasteiger partial charge is 0.309 e. The SMILES string of the molecule is CS(=O)C[C@H]1[C@H]2CC[C@@]3(CC[C@H]4[C@@](C)(CCC[C@@]4(C)C(=O)O)[C@@H]3C2)[C@@H]1N=[N+]=[N-]. The van der Waals surface area contributed by atoms with Crippen molar-refractivity contribution in [3.63, 3.8) is 0 Å². The molecule has 1 N–H and O–H groups in total. The standard InChI is InChI=1S/C21H33N3O3S/c1-19-7-4-8-20(2,18(25)26)15(19)6-10-21-9-5-13(11-16(19)21)14(12-28(3)27)17(21)23-24-22/h13-17H,4-12H2,1-3H3,(H,25,26)/t13-,14-,15-,16-,17+,19+,20+,21-,28?/m0/s1. The molecule has 7 heteroatoms. The Morgan fingerprint density at radius 3 is 2.57 bits per heavy atom. The maximum Gasteiger partial charge on any atom is 0.309 e. The summed E-state index contributed by atoms with van der Waals surface area (Å²) in [6.07, 6.45) is 9.70. The zero-order chi connectivity index (χ0) is 20.3. The molecule has 5 rings (SSSR count). The van der Waals surface area contributed by atoms with Gasteiger partial charge in [0.15, 0.2) is 0 Å². The molecule has 9 atom stereocenters. The Hall–Kier alpha value is -1.07. The van der Waals surface area contributed by atoms with Crippen LogP contribution in [0.4, 0.5) is 0 Å². The van der Waals surface area contributed by atoms with Gasteiger partial charge in [-0.3, -0.25) is 9.00 Å². The van der Waals surface area contributed by atoms with Crippen molar-refractivity contribution in [2.75, 3.05) is 12.0 Å². The molecule has 0 radical (unpaired) electrons. The van der Waals surface area contributed by atoms with E-state index >= 15 is 0 Å². The predicted molar refractivity (Wildman–Crippen MR) is 109 cm³/mol. The monoisotopic (exact) mass is 407 g/mol. The highest BCUT2D eigenvalue weighted by Crippen LogP contribution is 2.72. The average molecular weight is 408 g/mol. The number of carboxylic acids is 1. The molecule has 0 aliphatic heterocycles. The number of fused-ring (bicyclic) bond motifs is 3. The van der Waals surface area contributed by atoms with Crippen LogP contribution < -0.4 is 0 Å². The molecular weight excluding hydrogens is 374 g/mol. The van der Waals surface area contributed by atoms with Gasteiger partial charge in [0.05, 0.1) is 5.41 Å². The second kappa shape index (κ2) is 6.73. The van der Waals surface area contributed by atoms with Crippen LogP contribution >= 0.6 is 0 Å². The van der Waals surface area contributed by atoms with E-state index in [1.165, 1.54) is 0 Å². The minimum Gasteiger partial charge on any atom is -0.481 e. The fraction of sp³-hybridized carbons (Fsp3) is 0.952. The summed E-state index contributed by atoms with van der Waals surface area (Å²) in [5.74, 6) is 1.23. The molecule has 6 nitrogen and oxygen atoms in total. The summed E-state index contributed by atoms with van der Waals surface area (Å²) in [5.41, 5.74) is 8.65. The maximum absolute atomic E-state index is 12.2. The van der Waals surface area contributed by atoms with Gasteiger partial charge >= 0.3 is 5.97 Å². The molecule has 5 aliphatic carbocycles. The Labute approximate surface area is 169 Å². The number of hydrogen-bond acceptors (Lipinski definition) is 3. The van der Waals surface area contributed by atoms with Crippen LogP contribution in [0.1, 0.15) is 65.2 Å². The van der Waals surface area contributed by atoms with E-state index in [2.05, 4.69) is 16.9 Å². The van der Waals surface area contributed by atoms with Crippen LogP contribution in [0.3, 0.4) is 0 Å². The summed E-state index contributed by atoms with van der Waals surface area (Å²) in [7, 11) is -0.903. The molecular formula is C21H33N3O3S. The van der Waals surface area contributed by atoms with Gasteiger partial charge in [0.1, 0.15) is 0 Å². The molecule has 0 aromatic carbocycles. The predicted octanol–water partition coefficient (Wildman–Crippen LogP) is 4.77. The minimum absolute atomic E-state index is 0.0120. The van der Waals surface area contributed by atoms with E-state index in [0.717, 1.165) is 51.4 Å². The molecule has 0 aromatic heterocycles. The number of carboxylic acid groups (broad SMARTS) is 1. The molecule has 28 heavy (non-hydrogen) atoms. The Balaban J connectivity index is 1.77. The molecule has 1 spiro atoms. The van der Waals surface area contributed by atoms with Gasteiger partial charge in [-0.15, -0.1) is 0 Å². The number of aliphatic carboxylic acids is 1. The summed E-state index contributed by atoms with van der Waals surface area (Å²) in [4.78, 5) is 15.5. The quantitative estimate of drug-likeness (QED) is 0.412. The summed E-state index contributed by atoms with van der Waals surface area (Å²) in [6.45, 7) is 4.30. The molecule has 156 valence electrons. The zero-order valence-corrected chi connectivity index (χ0v) is 18.1. The third-order valence-corrected chi connectivity index (χ3v) is 10.4. The van der Waals surface area contributed by atoms with Crippen molar-refractivity contribution in [1.29, 1.82) is 0 Å². The fourth-order valence-electron chi connectivity index (χ4n) is 8.49. The van der Waals surface area contributed by atoms with Crippen LogP contribution in [0.15, 0.2) is 5.11 Å². The van der Waals surface area contributed by atoms with Crippen molar-refractivity contribution in [1.82, 2.24) is 0 Å². The van der Waals surface area contributed by atoms with E-state index in [4.69, 9.17) is 0 Å². The van der Waals surface area contributed by atoms with Crippen molar-refractivity contribution in [3.05, 3.63) is 10.4 Å². The molecule has 0 aromatic rings. The first-order chi connectivity index (χ1) is 13.2. The first-order valence-corrected chi connectivity index (χ1v) is 12.5. The van der Waals surface area contributed by atoms with E-state index < -0.39 is 22.2 Å². The van der Waals surface area contributed by atoms with Crippen LogP contribution in [-0.2, 0) is 15.6 Å². The maximum atomic E-state index is 12.2. The molecule has 0 saturated heterocycles. The lowest BCUT2D eigenvalue weighted by atomic mass is 9.35. The molecule has 5 aliphatic rings. The molecule has 5 saturated carbocycles. The summed E-state index contributed by atoms with van der Waals surface area (Å²) >= 11 is 0. The zero-order valence-electron chi connectivity index (χ0n) is 17.3. The molecule has 0 amide bonds. The van der Waals surface area contributed by atoms with E-state index in [1.807, 2.05) is 6.92 Å². The average Bonchev–Trinajstić information content (AvgIpc) is 2.63. The molecule has 0 heterocycles. The second-order valence-electron chi connectivity index (χ2n) is 10.5. The van der Waals surface area contributed by atoms with Crippen molar-refractivity contribution < 1.29 is 14.1 Å². The number of azide groups is 1. The van der Waals surface area contributed by atoms with Gasteiger partial charge in [-0.25, -0.2) is 0 Å². The normalized spacial score (nSPS) is 50.8. The van der Waals surface area contributed by atoms with Gasteiger partial charge < -0.3 is 5.11 Å². The Morgan fingerprint density at radius 1 is 1.21 bits per heavy atom. The van der Waals surface area contributed by atoms with E-state index in [1.54, 1.807) is 6.26 Å². The molecule has 5 fully saturated rings. The van der Waals surface area contributed by atoms with Crippen LogP contribution in [0.5, 0.6) is 0 Å². The van der Waals surface area contributed by atoms with Crippen molar-refractivity contribution in [2.45, 2.75) is 71.3 Å². The first kappa shape index (κ1) is 20.2. The van der Waals surface area contributed by atoms with Gasteiger partial charge in [-0.05, 0) is 91.9 Å². The van der Waals surface area contributed by atoms with Gasteiger partial charge in [0.25, 0.3) is 0 Å². The first-order valence-electron chi connectivity index (χ1n) is 10.8. The molecule has 2 bridgehead atoms. The van der Waals surface area contributed by atoms with E-state index in [9.17, 15) is 19.6 Å². The Morgan fingerprint density at radius 2 is 1.93 bits per heavy atom. The number of nitrogens with zero attached hydrogens (tertiary/aromatic N) is 3. The van der Waals surface area contributed by atoms with Gasteiger partial charge in [0.2, 0.25) is 0 Å². The minimum atomic E-state index is -0.903. The summed E-state index contributed by atoms with van der Waals surface area (Å²) in [6, 6.07) is -0.0883. The van der Waals surface area contributed by atoms with E-state index in [-0.39, 0.29) is 28.7 Å². The van der Waals surface area contributed by atoms with Crippen molar-refractivity contribution in [3.8, 4) is 0 Å². The van der Waals surface area contributed by atoms with Crippen molar-refractivity contribution in [2.24, 2.45) is 45.0 Å². The topological polar surface area (TPSA) is 103 Å². The highest BCUT2D eigenvalue weighted by molar-refractivity contribution is 7.84. The third-order valence-electron chi connectivity index (χ3n) is 9.58. The highest BCUT2D eigenvalue weighted by atomic mass is 32.2. The summed E-state index contributed by atoms with van der Waals surface area (Å²) in [5, 5.41) is 14.4. The van der Waals surface area contributed by atoms with Gasteiger partial charge in [0, 0.05) is 33.8 Å². The van der Waals surface area contributed by atoms with E-state index in [0.29, 0.717) is 17.6 Å². The van der Waals surface area contributed by atoms with Crippen LogP contribution in [0.25, 0.3) is 10.4 Å². The lowest BCUT2D eigenvalue weighted by Gasteiger charge is -2.70. The lowest BCUT2D eigenvalue weighted by Crippen LogP contribution is -2.66. The summed E-state index contributed by atoms with van der Waals surface area (Å²) < 4.78 is 12.1. The number of carbonyl (C=O) groups is 1. The Kier molecular flexibility index (Phi) is 4.86. The fourth-order valence-corrected chi connectivity index (χ4v) is 9.48. The van der Waals surface area contributed by atoms with Crippen molar-refractivity contribution >= 4 is 16.8 Å². The number of hydrogen-bond donors (Lipinski definition) is 1. The largest absolute Gasteiger partial charge is 0.481 e. The van der Waals surface area contributed by atoms with Crippen LogP contribution in [-0.4, -0.2) is 33.3 Å². The van der Waals surface area contributed by atoms with Crippen LogP contribution in [0, 0.1) is 39.9 Å². The second-order valence-corrected chi connectivity index (χ2v) is 12.0. The lowest BCUT2D eigenvalue weighted by molar-refractivity contribution is -0.209. The van der Waals surface area contributed by atoms with Gasteiger partial charge in [-0.1, -0.05) is 18.5 Å². The Bertz CT molecular complexity index is 753. The highest BCUT2D eigenvalue weighted by Gasteiger charge is 2.68.